The van der Waals surface area contributed by atoms with E-state index >= 15 is 0 Å². The van der Waals surface area contributed by atoms with Gasteiger partial charge in [0.15, 0.2) is 0 Å². The Morgan fingerprint density at radius 2 is 2.36 bits per heavy atom. The lowest BCUT2D eigenvalue weighted by atomic mass is 10.4. The maximum Gasteiger partial charge on any atom is 0.149 e. The molecule has 2 heterocycles. The molecule has 0 bridgehead atoms. The van der Waals surface area contributed by atoms with E-state index in [0.717, 1.165) is 21.9 Å². The van der Waals surface area contributed by atoms with Crippen LogP contribution in [0.15, 0.2) is 6.20 Å². The highest BCUT2D eigenvalue weighted by Crippen LogP contribution is 2.22. The predicted octanol–water partition coefficient (Wildman–Crippen LogP) is 0.765. The molecule has 0 aliphatic rings. The van der Waals surface area contributed by atoms with E-state index in [2.05, 4.69) is 19.7 Å². The third-order valence-corrected chi connectivity index (χ3v) is 2.48. The third-order valence-electron chi connectivity index (χ3n) is 1.78. The Hall–Kier alpha value is -1.27. The van der Waals surface area contributed by atoms with Crippen LogP contribution < -0.4 is 11.1 Å². The number of hydrogen-bond donors (Lipinski definition) is 2. The van der Waals surface area contributed by atoms with Crippen LogP contribution in [0.2, 0.25) is 0 Å². The van der Waals surface area contributed by atoms with Gasteiger partial charge in [0.05, 0.1) is 11.6 Å². The fourth-order valence-corrected chi connectivity index (χ4v) is 1.87. The van der Waals surface area contributed by atoms with Crippen molar-refractivity contribution >= 4 is 27.6 Å². The van der Waals surface area contributed by atoms with Crippen LogP contribution in [0, 0.1) is 6.92 Å². The van der Waals surface area contributed by atoms with Gasteiger partial charge in [0.2, 0.25) is 0 Å². The van der Waals surface area contributed by atoms with Gasteiger partial charge in [-0.2, -0.15) is 4.37 Å². The highest BCUT2D eigenvalue weighted by atomic mass is 32.1. The first-order chi connectivity index (χ1) is 6.81. The number of hydrogen-bond acceptors (Lipinski definition) is 6. The molecule has 2 aromatic rings. The summed E-state index contributed by atoms with van der Waals surface area (Å²) in [6.45, 7) is 3.16. The molecule has 0 fully saturated rings. The first kappa shape index (κ1) is 9.29. The maximum absolute atomic E-state index is 5.41. The lowest BCUT2D eigenvalue weighted by molar-refractivity contribution is 1.000. The van der Waals surface area contributed by atoms with Crippen LogP contribution in [-0.4, -0.2) is 27.4 Å². The first-order valence-corrected chi connectivity index (χ1v) is 5.11. The van der Waals surface area contributed by atoms with Crippen LogP contribution >= 0.6 is 11.5 Å². The number of aromatic nitrogens is 3. The van der Waals surface area contributed by atoms with Gasteiger partial charge in [-0.1, -0.05) is 0 Å². The molecule has 2 aromatic heterocycles. The Labute approximate surface area is 85.5 Å². The van der Waals surface area contributed by atoms with Crippen molar-refractivity contribution in [2.45, 2.75) is 6.92 Å². The summed E-state index contributed by atoms with van der Waals surface area (Å²) in [5.74, 6) is 1.58. The Morgan fingerprint density at radius 3 is 3.14 bits per heavy atom. The van der Waals surface area contributed by atoms with Gasteiger partial charge in [0.25, 0.3) is 0 Å². The lowest BCUT2D eigenvalue weighted by Crippen LogP contribution is -2.14. The van der Waals surface area contributed by atoms with E-state index in [1.165, 1.54) is 11.5 Å². The van der Waals surface area contributed by atoms with Gasteiger partial charge >= 0.3 is 0 Å². The Kier molecular flexibility index (Phi) is 2.55. The highest BCUT2D eigenvalue weighted by Gasteiger charge is 2.06. The van der Waals surface area contributed by atoms with Gasteiger partial charge < -0.3 is 11.1 Å². The fraction of sp³-hybridized carbons (Fsp3) is 0.375. The number of fused-ring (bicyclic) bond motifs is 1. The zero-order chi connectivity index (χ0) is 9.97. The molecule has 0 unspecified atom stereocenters. The first-order valence-electron chi connectivity index (χ1n) is 4.34. The Bertz CT molecular complexity index is 438. The van der Waals surface area contributed by atoms with E-state index in [0.29, 0.717) is 13.1 Å². The highest BCUT2D eigenvalue weighted by molar-refractivity contribution is 7.12. The third kappa shape index (κ3) is 1.66. The zero-order valence-corrected chi connectivity index (χ0v) is 8.64. The number of nitrogens with zero attached hydrogens (tertiary/aromatic N) is 3. The normalized spacial score (nSPS) is 10.7. The molecule has 0 radical (unpaired) electrons. The average Bonchev–Trinajstić information content (AvgIpc) is 2.61. The van der Waals surface area contributed by atoms with Crippen LogP contribution in [-0.2, 0) is 0 Å². The van der Waals surface area contributed by atoms with Gasteiger partial charge in [-0.25, -0.2) is 9.97 Å². The second-order valence-electron chi connectivity index (χ2n) is 2.88. The van der Waals surface area contributed by atoms with E-state index in [-0.39, 0.29) is 0 Å². The summed E-state index contributed by atoms with van der Waals surface area (Å²) in [4.78, 5) is 9.49. The van der Waals surface area contributed by atoms with Crippen molar-refractivity contribution in [3.05, 3.63) is 12.0 Å². The largest absolute Gasteiger partial charge is 0.368 e. The second kappa shape index (κ2) is 3.85. The summed E-state index contributed by atoms with van der Waals surface area (Å²) in [5.41, 5.74) is 5.41. The van der Waals surface area contributed by atoms with Gasteiger partial charge in [-0.3, -0.25) is 0 Å². The van der Waals surface area contributed by atoms with Crippen LogP contribution in [0.5, 0.6) is 0 Å². The number of nitrogens with one attached hydrogen (secondary N) is 1. The van der Waals surface area contributed by atoms with Crippen molar-refractivity contribution in [3.63, 3.8) is 0 Å². The molecule has 14 heavy (non-hydrogen) atoms. The van der Waals surface area contributed by atoms with Gasteiger partial charge in [0, 0.05) is 13.1 Å². The van der Waals surface area contributed by atoms with E-state index in [1.807, 2.05) is 6.92 Å². The SMILES string of the molecule is Cc1nc(NCCN)c2cnsc2n1. The molecular weight excluding hydrogens is 198 g/mol. The molecule has 0 saturated heterocycles. The molecule has 0 amide bonds. The van der Waals surface area contributed by atoms with Crippen LogP contribution in [0.3, 0.4) is 0 Å². The summed E-state index contributed by atoms with van der Waals surface area (Å²) >= 11 is 1.38. The van der Waals surface area contributed by atoms with E-state index in [1.54, 1.807) is 6.20 Å². The van der Waals surface area contributed by atoms with Gasteiger partial charge in [-0.15, -0.1) is 0 Å². The quantitative estimate of drug-likeness (QED) is 0.780. The molecular formula is C8H11N5S. The minimum Gasteiger partial charge on any atom is -0.368 e. The fourth-order valence-electron chi connectivity index (χ4n) is 1.20. The Morgan fingerprint density at radius 1 is 1.50 bits per heavy atom. The number of anilines is 1. The molecule has 5 nitrogen and oxygen atoms in total. The van der Waals surface area contributed by atoms with Crippen LogP contribution in [0.4, 0.5) is 5.82 Å². The minimum atomic E-state index is 0.585. The van der Waals surface area contributed by atoms with Crippen LogP contribution in [0.25, 0.3) is 10.2 Å². The van der Waals surface area contributed by atoms with E-state index in [9.17, 15) is 0 Å². The summed E-state index contributed by atoms with van der Waals surface area (Å²) in [7, 11) is 0. The predicted molar refractivity (Wildman–Crippen MR) is 57.5 cm³/mol. The molecule has 3 N–H and O–H groups in total. The molecule has 0 aromatic carbocycles. The standard InChI is InChI=1S/C8H11N5S/c1-5-12-7(10-3-2-9)6-4-11-14-8(6)13-5/h4H,2-3,9H2,1H3,(H,10,12,13). The number of aryl methyl sites for hydroxylation is 1. The smallest absolute Gasteiger partial charge is 0.149 e. The van der Waals surface area contributed by atoms with Crippen molar-refractivity contribution in [2.75, 3.05) is 18.4 Å². The number of rotatable bonds is 3. The Balaban J connectivity index is 2.44. The van der Waals surface area contributed by atoms with Crippen molar-refractivity contribution < 1.29 is 0 Å². The summed E-state index contributed by atoms with van der Waals surface area (Å²) in [6, 6.07) is 0. The topological polar surface area (TPSA) is 76.7 Å². The molecule has 0 atom stereocenters. The van der Waals surface area contributed by atoms with Crippen molar-refractivity contribution in [1.82, 2.24) is 14.3 Å². The molecule has 0 spiro atoms. The summed E-state index contributed by atoms with van der Waals surface area (Å²) < 4.78 is 4.08. The average molecular weight is 209 g/mol. The van der Waals surface area contributed by atoms with Crippen molar-refractivity contribution in [1.29, 1.82) is 0 Å². The van der Waals surface area contributed by atoms with Crippen molar-refractivity contribution in [2.24, 2.45) is 5.73 Å². The van der Waals surface area contributed by atoms with Crippen molar-refractivity contribution in [3.8, 4) is 0 Å². The molecule has 0 saturated carbocycles. The monoisotopic (exact) mass is 209 g/mol. The summed E-state index contributed by atoms with van der Waals surface area (Å²) in [5, 5.41) is 4.12. The molecule has 0 aliphatic heterocycles. The molecule has 74 valence electrons. The van der Waals surface area contributed by atoms with Gasteiger partial charge in [0.1, 0.15) is 16.5 Å². The second-order valence-corrected chi connectivity index (χ2v) is 3.66. The molecule has 0 aliphatic carbocycles. The maximum atomic E-state index is 5.41. The lowest BCUT2D eigenvalue weighted by Gasteiger charge is -2.04. The summed E-state index contributed by atoms with van der Waals surface area (Å²) in [6.07, 6.45) is 1.78. The van der Waals surface area contributed by atoms with Gasteiger partial charge in [-0.05, 0) is 18.5 Å². The molecule has 6 heteroatoms. The minimum absolute atomic E-state index is 0.585. The zero-order valence-electron chi connectivity index (χ0n) is 7.82. The van der Waals surface area contributed by atoms with Crippen LogP contribution in [0.1, 0.15) is 5.82 Å². The number of nitrogens with two attached hydrogens (primary N) is 1. The van der Waals surface area contributed by atoms with E-state index < -0.39 is 0 Å². The molecule has 2 rings (SSSR count). The van der Waals surface area contributed by atoms with E-state index in [4.69, 9.17) is 5.73 Å².